The van der Waals surface area contributed by atoms with Gasteiger partial charge in [0.25, 0.3) is 5.91 Å². The minimum atomic E-state index is -0.110. The van der Waals surface area contributed by atoms with Crippen molar-refractivity contribution in [3.63, 3.8) is 0 Å². The molecule has 0 radical (unpaired) electrons. The molecule has 1 amide bonds. The topological polar surface area (TPSA) is 59.6 Å². The van der Waals surface area contributed by atoms with Crippen LogP contribution in [0.5, 0.6) is 11.5 Å². The highest BCUT2D eigenvalue weighted by molar-refractivity contribution is 5.77. The Kier molecular flexibility index (Phi) is 7.61. The molecular formula is C16H26N2O3. The highest BCUT2D eigenvalue weighted by atomic mass is 16.5. The number of ether oxygens (including phenoxy) is 2. The molecule has 118 valence electrons. The van der Waals surface area contributed by atoms with E-state index in [-0.39, 0.29) is 18.6 Å². The van der Waals surface area contributed by atoms with Crippen molar-refractivity contribution in [3.8, 4) is 11.5 Å². The van der Waals surface area contributed by atoms with Gasteiger partial charge in [-0.15, -0.1) is 0 Å². The molecule has 1 aromatic carbocycles. The van der Waals surface area contributed by atoms with Crippen LogP contribution in [0.4, 0.5) is 0 Å². The fraction of sp³-hybridized carbons (Fsp3) is 0.562. The van der Waals surface area contributed by atoms with Gasteiger partial charge in [-0.2, -0.15) is 0 Å². The van der Waals surface area contributed by atoms with E-state index in [2.05, 4.69) is 10.6 Å². The van der Waals surface area contributed by atoms with E-state index in [9.17, 15) is 4.79 Å². The first-order chi connectivity index (χ1) is 10.1. The maximum atomic E-state index is 11.8. The van der Waals surface area contributed by atoms with E-state index < -0.39 is 0 Å². The van der Waals surface area contributed by atoms with Gasteiger partial charge in [-0.05, 0) is 26.0 Å². The zero-order valence-electron chi connectivity index (χ0n) is 13.4. The van der Waals surface area contributed by atoms with Gasteiger partial charge < -0.3 is 20.1 Å². The Bertz CT molecular complexity index is 449. The van der Waals surface area contributed by atoms with E-state index in [4.69, 9.17) is 9.47 Å². The van der Waals surface area contributed by atoms with Crippen molar-refractivity contribution in [2.24, 2.45) is 0 Å². The number of benzene rings is 1. The largest absolute Gasteiger partial charge is 0.497 e. The first-order valence-electron chi connectivity index (χ1n) is 7.40. The third-order valence-corrected chi connectivity index (χ3v) is 3.22. The summed E-state index contributed by atoms with van der Waals surface area (Å²) >= 11 is 0. The number of hydrogen-bond donors (Lipinski definition) is 2. The molecule has 0 aromatic heterocycles. The molecule has 0 aliphatic carbocycles. The van der Waals surface area contributed by atoms with Crippen LogP contribution in [-0.2, 0) is 11.3 Å². The average molecular weight is 294 g/mol. The number of carbonyl (C=O) groups is 1. The molecule has 1 rings (SSSR count). The number of nitrogens with one attached hydrogen (secondary N) is 2. The summed E-state index contributed by atoms with van der Waals surface area (Å²) in [6.45, 7) is 7.63. The summed E-state index contributed by atoms with van der Waals surface area (Å²) in [5.41, 5.74) is 1.01. The summed E-state index contributed by atoms with van der Waals surface area (Å²) in [6, 6.07) is 5.80. The van der Waals surface area contributed by atoms with E-state index in [1.807, 2.05) is 39.0 Å². The Hall–Kier alpha value is -1.75. The molecule has 21 heavy (non-hydrogen) atoms. The van der Waals surface area contributed by atoms with Crippen LogP contribution in [0.1, 0.15) is 32.8 Å². The molecule has 2 N–H and O–H groups in total. The molecule has 1 atom stereocenters. The van der Waals surface area contributed by atoms with Gasteiger partial charge in [0.05, 0.1) is 7.11 Å². The predicted molar refractivity (Wildman–Crippen MR) is 83.8 cm³/mol. The minimum absolute atomic E-state index is 0.0105. The summed E-state index contributed by atoms with van der Waals surface area (Å²) in [5, 5.41) is 6.13. The molecule has 1 unspecified atom stereocenters. The number of rotatable bonds is 9. The van der Waals surface area contributed by atoms with Crippen LogP contribution in [0, 0.1) is 0 Å². The molecule has 1 aromatic rings. The van der Waals surface area contributed by atoms with Gasteiger partial charge in [0.1, 0.15) is 11.5 Å². The summed E-state index contributed by atoms with van der Waals surface area (Å²) in [4.78, 5) is 11.8. The minimum Gasteiger partial charge on any atom is -0.497 e. The average Bonchev–Trinajstić information content (AvgIpc) is 2.50. The lowest BCUT2D eigenvalue weighted by molar-refractivity contribution is -0.123. The Morgan fingerprint density at radius 3 is 2.71 bits per heavy atom. The van der Waals surface area contributed by atoms with Crippen LogP contribution in [0.15, 0.2) is 18.2 Å². The van der Waals surface area contributed by atoms with Crippen molar-refractivity contribution in [2.75, 3.05) is 20.3 Å². The SMILES string of the molecule is CCNCc1ccc(OC)cc1OCC(=O)NC(C)CC. The first kappa shape index (κ1) is 17.3. The number of hydrogen-bond acceptors (Lipinski definition) is 4. The van der Waals surface area contributed by atoms with Crippen molar-refractivity contribution in [2.45, 2.75) is 39.8 Å². The molecule has 0 aliphatic rings. The molecule has 0 bridgehead atoms. The van der Waals surface area contributed by atoms with Gasteiger partial charge in [0.15, 0.2) is 6.61 Å². The van der Waals surface area contributed by atoms with Crippen molar-refractivity contribution in [1.29, 1.82) is 0 Å². The Balaban J connectivity index is 2.68. The van der Waals surface area contributed by atoms with E-state index in [1.54, 1.807) is 7.11 Å². The second-order valence-corrected chi connectivity index (χ2v) is 4.92. The van der Waals surface area contributed by atoms with E-state index >= 15 is 0 Å². The van der Waals surface area contributed by atoms with Gasteiger partial charge in [0.2, 0.25) is 0 Å². The summed E-state index contributed by atoms with van der Waals surface area (Å²) < 4.78 is 10.9. The van der Waals surface area contributed by atoms with Crippen molar-refractivity contribution >= 4 is 5.91 Å². The van der Waals surface area contributed by atoms with Gasteiger partial charge >= 0.3 is 0 Å². The Morgan fingerprint density at radius 2 is 2.10 bits per heavy atom. The zero-order chi connectivity index (χ0) is 15.7. The molecular weight excluding hydrogens is 268 g/mol. The Labute approximate surface area is 127 Å². The van der Waals surface area contributed by atoms with E-state index in [0.29, 0.717) is 18.0 Å². The quantitative estimate of drug-likeness (QED) is 0.732. The van der Waals surface area contributed by atoms with Crippen LogP contribution < -0.4 is 20.1 Å². The fourth-order valence-electron chi connectivity index (χ4n) is 1.76. The standard InChI is InChI=1S/C16H26N2O3/c1-5-12(3)18-16(19)11-21-15-9-14(20-4)8-7-13(15)10-17-6-2/h7-9,12,17H,5-6,10-11H2,1-4H3,(H,18,19). The summed E-state index contributed by atoms with van der Waals surface area (Å²) in [7, 11) is 1.61. The van der Waals surface area contributed by atoms with Gasteiger partial charge in [-0.1, -0.05) is 19.9 Å². The Morgan fingerprint density at radius 1 is 1.33 bits per heavy atom. The number of methoxy groups -OCH3 is 1. The third kappa shape index (κ3) is 6.04. The molecule has 0 heterocycles. The van der Waals surface area contributed by atoms with Gasteiger partial charge in [-0.25, -0.2) is 0 Å². The first-order valence-corrected chi connectivity index (χ1v) is 7.40. The summed E-state index contributed by atoms with van der Waals surface area (Å²) in [6.07, 6.45) is 0.899. The monoisotopic (exact) mass is 294 g/mol. The lowest BCUT2D eigenvalue weighted by Crippen LogP contribution is -2.35. The highest BCUT2D eigenvalue weighted by Crippen LogP contribution is 2.24. The van der Waals surface area contributed by atoms with Crippen LogP contribution >= 0.6 is 0 Å². The predicted octanol–water partition coefficient (Wildman–Crippen LogP) is 2.10. The molecule has 0 fully saturated rings. The smallest absolute Gasteiger partial charge is 0.258 e. The second kappa shape index (κ2) is 9.23. The lowest BCUT2D eigenvalue weighted by Gasteiger charge is -2.15. The molecule has 5 heteroatoms. The molecule has 0 saturated carbocycles. The van der Waals surface area contributed by atoms with E-state index in [1.165, 1.54) is 0 Å². The lowest BCUT2D eigenvalue weighted by atomic mass is 10.2. The van der Waals surface area contributed by atoms with Crippen molar-refractivity contribution in [1.82, 2.24) is 10.6 Å². The summed E-state index contributed by atoms with van der Waals surface area (Å²) in [5.74, 6) is 1.28. The molecule has 0 saturated heterocycles. The molecule has 0 aliphatic heterocycles. The van der Waals surface area contributed by atoms with Crippen molar-refractivity contribution in [3.05, 3.63) is 23.8 Å². The normalized spacial score (nSPS) is 11.8. The highest BCUT2D eigenvalue weighted by Gasteiger charge is 2.10. The number of carbonyl (C=O) groups excluding carboxylic acids is 1. The second-order valence-electron chi connectivity index (χ2n) is 4.92. The molecule has 0 spiro atoms. The van der Waals surface area contributed by atoms with Crippen LogP contribution in [0.25, 0.3) is 0 Å². The molecule has 5 nitrogen and oxygen atoms in total. The van der Waals surface area contributed by atoms with E-state index in [0.717, 1.165) is 18.5 Å². The maximum absolute atomic E-state index is 11.8. The fourth-order valence-corrected chi connectivity index (χ4v) is 1.76. The maximum Gasteiger partial charge on any atom is 0.258 e. The zero-order valence-corrected chi connectivity index (χ0v) is 13.4. The van der Waals surface area contributed by atoms with Crippen molar-refractivity contribution < 1.29 is 14.3 Å². The van der Waals surface area contributed by atoms with Crippen LogP contribution in [0.2, 0.25) is 0 Å². The van der Waals surface area contributed by atoms with Crippen LogP contribution in [0.3, 0.4) is 0 Å². The van der Waals surface area contributed by atoms with Gasteiger partial charge in [0, 0.05) is 24.2 Å². The number of amides is 1. The third-order valence-electron chi connectivity index (χ3n) is 3.22. The van der Waals surface area contributed by atoms with Gasteiger partial charge in [-0.3, -0.25) is 4.79 Å². The van der Waals surface area contributed by atoms with Crippen LogP contribution in [-0.4, -0.2) is 32.2 Å².